The molecular weight excluding hydrogens is 402 g/mol. The fourth-order valence-corrected chi connectivity index (χ4v) is 5.58. The topological polar surface area (TPSA) is 129 Å². The Morgan fingerprint density at radius 1 is 1.13 bits per heavy atom. The van der Waals surface area contributed by atoms with E-state index in [1.165, 1.54) is 0 Å². The molecule has 1 aliphatic rings. The fourth-order valence-electron chi connectivity index (χ4n) is 4.01. The zero-order chi connectivity index (χ0) is 21.1. The number of sulfonamides is 1. The molecule has 0 unspecified atom stereocenters. The van der Waals surface area contributed by atoms with Gasteiger partial charge in [-0.3, -0.25) is 0 Å². The van der Waals surface area contributed by atoms with Gasteiger partial charge in [-0.05, 0) is 55.4 Å². The number of nitrogens with two attached hydrogens (primary N) is 1. The third-order valence-corrected chi connectivity index (χ3v) is 7.18. The number of benzene rings is 1. The van der Waals surface area contributed by atoms with Crippen LogP contribution in [0.4, 0.5) is 5.95 Å². The minimum Gasteiger partial charge on any atom is -0.368 e. The molecule has 30 heavy (non-hydrogen) atoms. The summed E-state index contributed by atoms with van der Waals surface area (Å²) in [5.74, 6) is 0.204. The van der Waals surface area contributed by atoms with Crippen molar-refractivity contribution in [3.63, 3.8) is 0 Å². The second kappa shape index (κ2) is 8.49. The maximum atomic E-state index is 13.2. The molecule has 1 fully saturated rings. The standard InChI is InChI=1S/C20H25N7O2S/c1-2-14-8-15(16-10-22-20(21)23-11-16)6-7-19(14)30(28,29)26-17-4-3-5-18(9-17)27-12-24-25-13-27/h6-8,10-13,17-18,26H,2-5,9H2,1H3,(H2,21,22,23)/t17-,18-/m1/s1. The molecule has 4 rings (SSSR count). The van der Waals surface area contributed by atoms with Crippen LogP contribution in [0.3, 0.4) is 0 Å². The average molecular weight is 428 g/mol. The van der Waals surface area contributed by atoms with Crippen LogP contribution in [0.1, 0.15) is 44.2 Å². The first-order valence-corrected chi connectivity index (χ1v) is 11.5. The highest BCUT2D eigenvalue weighted by molar-refractivity contribution is 7.89. The summed E-state index contributed by atoms with van der Waals surface area (Å²) in [5, 5.41) is 7.73. The molecule has 0 radical (unpaired) electrons. The smallest absolute Gasteiger partial charge is 0.241 e. The summed E-state index contributed by atoms with van der Waals surface area (Å²) in [6.45, 7) is 1.94. The summed E-state index contributed by atoms with van der Waals surface area (Å²) in [7, 11) is -3.64. The zero-order valence-electron chi connectivity index (χ0n) is 16.8. The number of anilines is 1. The van der Waals surface area contributed by atoms with Crippen LogP contribution >= 0.6 is 0 Å². The molecule has 0 aliphatic heterocycles. The van der Waals surface area contributed by atoms with Gasteiger partial charge in [-0.2, -0.15) is 0 Å². The summed E-state index contributed by atoms with van der Waals surface area (Å²) in [5.41, 5.74) is 7.96. The van der Waals surface area contributed by atoms with E-state index < -0.39 is 10.0 Å². The summed E-state index contributed by atoms with van der Waals surface area (Å²) in [6.07, 6.45) is 10.7. The number of hydrogen-bond donors (Lipinski definition) is 2. The summed E-state index contributed by atoms with van der Waals surface area (Å²) >= 11 is 0. The molecule has 1 aliphatic carbocycles. The van der Waals surface area contributed by atoms with Crippen LogP contribution in [-0.2, 0) is 16.4 Å². The molecule has 10 heteroatoms. The second-order valence-corrected chi connectivity index (χ2v) is 9.24. The largest absolute Gasteiger partial charge is 0.368 e. The highest BCUT2D eigenvalue weighted by Crippen LogP contribution is 2.30. The molecule has 0 amide bonds. The first-order chi connectivity index (χ1) is 14.5. The van der Waals surface area contributed by atoms with Gasteiger partial charge in [0.05, 0.1) is 4.90 Å². The Labute approximate surface area is 175 Å². The molecule has 2 heterocycles. The molecule has 1 saturated carbocycles. The van der Waals surface area contributed by atoms with Gasteiger partial charge in [0, 0.05) is 30.0 Å². The third kappa shape index (κ3) is 4.34. The van der Waals surface area contributed by atoms with Gasteiger partial charge in [0.15, 0.2) is 0 Å². The minimum absolute atomic E-state index is 0.119. The van der Waals surface area contributed by atoms with Crippen molar-refractivity contribution in [3.8, 4) is 11.1 Å². The van der Waals surface area contributed by atoms with Gasteiger partial charge >= 0.3 is 0 Å². The maximum Gasteiger partial charge on any atom is 0.241 e. The van der Waals surface area contributed by atoms with Crippen molar-refractivity contribution in [2.45, 2.75) is 56.0 Å². The van der Waals surface area contributed by atoms with E-state index in [1.807, 2.05) is 17.6 Å². The molecule has 3 aromatic rings. The molecule has 9 nitrogen and oxygen atoms in total. The van der Waals surface area contributed by atoms with Crippen molar-refractivity contribution in [1.82, 2.24) is 29.5 Å². The predicted octanol–water partition coefficient (Wildman–Crippen LogP) is 2.34. The van der Waals surface area contributed by atoms with Crippen LogP contribution in [0.15, 0.2) is 48.1 Å². The quantitative estimate of drug-likeness (QED) is 0.618. The Balaban J connectivity index is 1.55. The Morgan fingerprint density at radius 3 is 2.57 bits per heavy atom. The number of nitrogens with zero attached hydrogens (tertiary/aromatic N) is 5. The van der Waals surface area contributed by atoms with E-state index >= 15 is 0 Å². The van der Waals surface area contributed by atoms with E-state index in [4.69, 9.17) is 5.73 Å². The van der Waals surface area contributed by atoms with Gasteiger partial charge in [-0.15, -0.1) is 10.2 Å². The predicted molar refractivity (Wildman–Crippen MR) is 113 cm³/mol. The van der Waals surface area contributed by atoms with Crippen molar-refractivity contribution < 1.29 is 8.42 Å². The van der Waals surface area contributed by atoms with Crippen LogP contribution in [0.2, 0.25) is 0 Å². The average Bonchev–Trinajstić information content (AvgIpc) is 3.29. The first-order valence-electron chi connectivity index (χ1n) is 10.0. The van der Waals surface area contributed by atoms with Crippen molar-refractivity contribution in [2.24, 2.45) is 0 Å². The van der Waals surface area contributed by atoms with Crippen LogP contribution in [-0.4, -0.2) is 39.2 Å². The van der Waals surface area contributed by atoms with Crippen molar-refractivity contribution in [1.29, 1.82) is 0 Å². The lowest BCUT2D eigenvalue weighted by atomic mass is 9.91. The van der Waals surface area contributed by atoms with Gasteiger partial charge < -0.3 is 10.3 Å². The number of aromatic nitrogens is 5. The molecule has 2 atom stereocenters. The van der Waals surface area contributed by atoms with E-state index in [2.05, 4.69) is 24.9 Å². The van der Waals surface area contributed by atoms with Crippen molar-refractivity contribution in [3.05, 3.63) is 48.8 Å². The monoisotopic (exact) mass is 427 g/mol. The maximum absolute atomic E-state index is 13.2. The number of nitrogens with one attached hydrogen (secondary N) is 1. The van der Waals surface area contributed by atoms with Crippen molar-refractivity contribution >= 4 is 16.0 Å². The van der Waals surface area contributed by atoms with Crippen LogP contribution in [0, 0.1) is 0 Å². The van der Waals surface area contributed by atoms with Gasteiger partial charge in [0.1, 0.15) is 12.7 Å². The normalized spacial score (nSPS) is 19.6. The Hall–Kier alpha value is -2.85. The van der Waals surface area contributed by atoms with E-state index in [1.54, 1.807) is 37.2 Å². The molecule has 2 aromatic heterocycles. The van der Waals surface area contributed by atoms with Gasteiger partial charge in [0.2, 0.25) is 16.0 Å². The van der Waals surface area contributed by atoms with E-state index in [0.29, 0.717) is 11.3 Å². The summed E-state index contributed by atoms with van der Waals surface area (Å²) < 4.78 is 31.2. The van der Waals surface area contributed by atoms with E-state index in [9.17, 15) is 8.42 Å². The van der Waals surface area contributed by atoms with Gasteiger partial charge in [0.25, 0.3) is 0 Å². The molecule has 1 aromatic carbocycles. The van der Waals surface area contributed by atoms with Crippen LogP contribution < -0.4 is 10.5 Å². The van der Waals surface area contributed by atoms with Gasteiger partial charge in [-0.1, -0.05) is 13.0 Å². The molecule has 0 bridgehead atoms. The molecule has 0 saturated heterocycles. The molecule has 158 valence electrons. The lowest BCUT2D eigenvalue weighted by molar-refractivity contribution is 0.305. The van der Waals surface area contributed by atoms with Gasteiger partial charge in [-0.25, -0.2) is 23.1 Å². The Kier molecular flexibility index (Phi) is 5.78. The first kappa shape index (κ1) is 20.4. The lowest BCUT2D eigenvalue weighted by Gasteiger charge is -2.30. The number of aryl methyl sites for hydroxylation is 1. The second-order valence-electron chi connectivity index (χ2n) is 7.55. The summed E-state index contributed by atoms with van der Waals surface area (Å²) in [4.78, 5) is 8.34. The van der Waals surface area contributed by atoms with Crippen LogP contribution in [0.5, 0.6) is 0 Å². The number of rotatable bonds is 6. The highest BCUT2D eigenvalue weighted by Gasteiger charge is 2.28. The Bertz CT molecular complexity index is 1100. The number of hydrogen-bond acceptors (Lipinski definition) is 7. The third-order valence-electron chi connectivity index (χ3n) is 5.56. The Morgan fingerprint density at radius 2 is 1.87 bits per heavy atom. The lowest BCUT2D eigenvalue weighted by Crippen LogP contribution is -2.39. The summed E-state index contributed by atoms with van der Waals surface area (Å²) in [6, 6.07) is 5.41. The highest BCUT2D eigenvalue weighted by atomic mass is 32.2. The fraction of sp³-hybridized carbons (Fsp3) is 0.400. The SMILES string of the molecule is CCc1cc(-c2cnc(N)nc2)ccc1S(=O)(=O)N[C@@H]1CCC[C@@H](n2cnnc2)C1. The molecule has 3 N–H and O–H groups in total. The molecule has 0 spiro atoms. The zero-order valence-corrected chi connectivity index (χ0v) is 17.6. The van der Waals surface area contributed by atoms with E-state index in [0.717, 1.165) is 42.4 Å². The van der Waals surface area contributed by atoms with E-state index in [-0.39, 0.29) is 18.0 Å². The van der Waals surface area contributed by atoms with Crippen LogP contribution in [0.25, 0.3) is 11.1 Å². The molecular formula is C20H25N7O2S. The minimum atomic E-state index is -3.64. The van der Waals surface area contributed by atoms with Crippen molar-refractivity contribution in [2.75, 3.05) is 5.73 Å². The number of nitrogen functional groups attached to an aromatic ring is 1.